The summed E-state index contributed by atoms with van der Waals surface area (Å²) >= 11 is 0. The molecule has 0 radical (unpaired) electrons. The summed E-state index contributed by atoms with van der Waals surface area (Å²) in [6, 6.07) is 11.8. The van der Waals surface area contributed by atoms with Crippen LogP contribution in [0.1, 0.15) is 11.1 Å². The summed E-state index contributed by atoms with van der Waals surface area (Å²) in [5.41, 5.74) is 3.73. The molecule has 6 heteroatoms. The Bertz CT molecular complexity index is 812. The Hall–Kier alpha value is -2.89. The standard InChI is InChI=1S/C20H22FN3O2/c1-14-3-6-17(13-15(14)2)22-19(25)20(26)24-11-9-23(10-12-24)18-7-4-16(21)5-8-18/h3-8,13H,9-12H2,1-2H3,(H,22,25). The Morgan fingerprint density at radius 3 is 2.19 bits per heavy atom. The van der Waals surface area contributed by atoms with Crippen LogP contribution in [0, 0.1) is 19.7 Å². The van der Waals surface area contributed by atoms with E-state index in [1.54, 1.807) is 23.1 Å². The Balaban J connectivity index is 1.56. The summed E-state index contributed by atoms with van der Waals surface area (Å²) in [4.78, 5) is 28.3. The maximum Gasteiger partial charge on any atom is 0.313 e. The molecule has 1 aliphatic rings. The van der Waals surface area contributed by atoms with Gasteiger partial charge in [0, 0.05) is 37.6 Å². The Labute approximate surface area is 152 Å². The van der Waals surface area contributed by atoms with Crippen molar-refractivity contribution in [3.8, 4) is 0 Å². The molecule has 1 aliphatic heterocycles. The van der Waals surface area contributed by atoms with Crippen molar-refractivity contribution >= 4 is 23.2 Å². The van der Waals surface area contributed by atoms with Gasteiger partial charge in [-0.15, -0.1) is 0 Å². The predicted octanol–water partition coefficient (Wildman–Crippen LogP) is 2.73. The lowest BCUT2D eigenvalue weighted by atomic mass is 10.1. The zero-order chi connectivity index (χ0) is 18.7. The summed E-state index contributed by atoms with van der Waals surface area (Å²) < 4.78 is 13.0. The van der Waals surface area contributed by atoms with E-state index in [2.05, 4.69) is 10.2 Å². The lowest BCUT2D eigenvalue weighted by molar-refractivity contribution is -0.143. The molecule has 2 amide bonds. The number of benzene rings is 2. The molecule has 2 aromatic carbocycles. The average molecular weight is 355 g/mol. The zero-order valence-electron chi connectivity index (χ0n) is 15.0. The number of hydrogen-bond acceptors (Lipinski definition) is 3. The molecule has 0 aliphatic carbocycles. The molecule has 1 N–H and O–H groups in total. The maximum atomic E-state index is 13.0. The molecule has 3 rings (SSSR count). The van der Waals surface area contributed by atoms with E-state index in [1.807, 2.05) is 26.0 Å². The topological polar surface area (TPSA) is 52.7 Å². The van der Waals surface area contributed by atoms with Crippen molar-refractivity contribution < 1.29 is 14.0 Å². The maximum absolute atomic E-state index is 13.0. The van der Waals surface area contributed by atoms with E-state index < -0.39 is 11.8 Å². The zero-order valence-corrected chi connectivity index (χ0v) is 15.0. The van der Waals surface area contributed by atoms with Crippen molar-refractivity contribution in [2.75, 3.05) is 36.4 Å². The molecular formula is C20H22FN3O2. The summed E-state index contributed by atoms with van der Waals surface area (Å²) in [6.07, 6.45) is 0. The lowest BCUT2D eigenvalue weighted by Crippen LogP contribution is -2.51. The molecule has 1 heterocycles. The molecule has 2 aromatic rings. The van der Waals surface area contributed by atoms with E-state index in [9.17, 15) is 14.0 Å². The third-order valence-electron chi connectivity index (χ3n) is 4.72. The van der Waals surface area contributed by atoms with Crippen LogP contribution in [-0.4, -0.2) is 42.9 Å². The summed E-state index contributed by atoms with van der Waals surface area (Å²) in [6.45, 7) is 6.07. The minimum atomic E-state index is -0.622. The highest BCUT2D eigenvalue weighted by Crippen LogP contribution is 2.18. The highest BCUT2D eigenvalue weighted by atomic mass is 19.1. The first-order valence-electron chi connectivity index (χ1n) is 8.62. The van der Waals surface area contributed by atoms with Gasteiger partial charge in [0.05, 0.1) is 0 Å². The molecular weight excluding hydrogens is 333 g/mol. The van der Waals surface area contributed by atoms with E-state index in [1.165, 1.54) is 12.1 Å². The number of nitrogens with zero attached hydrogens (tertiary/aromatic N) is 2. The first-order valence-corrected chi connectivity index (χ1v) is 8.62. The van der Waals surface area contributed by atoms with Gasteiger partial charge in [-0.3, -0.25) is 9.59 Å². The molecule has 0 atom stereocenters. The van der Waals surface area contributed by atoms with Crippen molar-refractivity contribution in [2.45, 2.75) is 13.8 Å². The van der Waals surface area contributed by atoms with Gasteiger partial charge in [-0.2, -0.15) is 0 Å². The third kappa shape index (κ3) is 4.02. The van der Waals surface area contributed by atoms with Gasteiger partial charge in [0.15, 0.2) is 0 Å². The number of hydrogen-bond donors (Lipinski definition) is 1. The van der Waals surface area contributed by atoms with Crippen LogP contribution < -0.4 is 10.2 Å². The number of amides is 2. The Kier molecular flexibility index (Phi) is 5.21. The Morgan fingerprint density at radius 1 is 0.923 bits per heavy atom. The fourth-order valence-corrected chi connectivity index (χ4v) is 2.97. The van der Waals surface area contributed by atoms with Crippen LogP contribution in [0.4, 0.5) is 15.8 Å². The molecule has 0 bridgehead atoms. The van der Waals surface area contributed by atoms with Crippen LogP contribution in [-0.2, 0) is 9.59 Å². The van der Waals surface area contributed by atoms with Crippen molar-refractivity contribution in [1.82, 2.24) is 4.90 Å². The smallest absolute Gasteiger partial charge is 0.313 e. The van der Waals surface area contributed by atoms with Crippen LogP contribution in [0.2, 0.25) is 0 Å². The normalized spacial score (nSPS) is 14.3. The van der Waals surface area contributed by atoms with Gasteiger partial charge >= 0.3 is 11.8 Å². The molecule has 0 unspecified atom stereocenters. The van der Waals surface area contributed by atoms with Crippen molar-refractivity contribution in [3.63, 3.8) is 0 Å². The van der Waals surface area contributed by atoms with Gasteiger partial charge in [0.1, 0.15) is 5.82 Å². The summed E-state index contributed by atoms with van der Waals surface area (Å²) in [5, 5.41) is 2.67. The second-order valence-electron chi connectivity index (χ2n) is 6.51. The van der Waals surface area contributed by atoms with Gasteiger partial charge in [-0.05, 0) is 61.4 Å². The van der Waals surface area contributed by atoms with Gasteiger partial charge in [0.2, 0.25) is 0 Å². The predicted molar refractivity (Wildman–Crippen MR) is 99.7 cm³/mol. The van der Waals surface area contributed by atoms with Crippen LogP contribution >= 0.6 is 0 Å². The van der Waals surface area contributed by atoms with Crippen molar-refractivity contribution in [1.29, 1.82) is 0 Å². The molecule has 1 saturated heterocycles. The molecule has 1 fully saturated rings. The van der Waals surface area contributed by atoms with Crippen molar-refractivity contribution in [2.24, 2.45) is 0 Å². The van der Waals surface area contributed by atoms with Crippen LogP contribution in [0.3, 0.4) is 0 Å². The minimum Gasteiger partial charge on any atom is -0.368 e. The molecule has 0 aromatic heterocycles. The van der Waals surface area contributed by atoms with Crippen LogP contribution in [0.5, 0.6) is 0 Å². The number of nitrogens with one attached hydrogen (secondary N) is 1. The first kappa shape index (κ1) is 17.9. The van der Waals surface area contributed by atoms with Crippen molar-refractivity contribution in [3.05, 3.63) is 59.4 Å². The highest BCUT2D eigenvalue weighted by molar-refractivity contribution is 6.39. The fraction of sp³-hybridized carbons (Fsp3) is 0.300. The quantitative estimate of drug-likeness (QED) is 0.843. The van der Waals surface area contributed by atoms with Gasteiger partial charge < -0.3 is 15.1 Å². The molecule has 0 spiro atoms. The number of piperazine rings is 1. The molecule has 0 saturated carbocycles. The second-order valence-corrected chi connectivity index (χ2v) is 6.51. The number of carbonyl (C=O) groups is 2. The summed E-state index contributed by atoms with van der Waals surface area (Å²) in [5.74, 6) is -1.42. The second kappa shape index (κ2) is 7.56. The number of anilines is 2. The average Bonchev–Trinajstić information content (AvgIpc) is 2.65. The lowest BCUT2D eigenvalue weighted by Gasteiger charge is -2.35. The van der Waals surface area contributed by atoms with Gasteiger partial charge in [-0.1, -0.05) is 6.07 Å². The van der Waals surface area contributed by atoms with E-state index in [4.69, 9.17) is 0 Å². The largest absolute Gasteiger partial charge is 0.368 e. The van der Waals surface area contributed by atoms with Crippen LogP contribution in [0.25, 0.3) is 0 Å². The van der Waals surface area contributed by atoms with E-state index in [-0.39, 0.29) is 5.82 Å². The minimum absolute atomic E-state index is 0.273. The Morgan fingerprint density at radius 2 is 1.58 bits per heavy atom. The summed E-state index contributed by atoms with van der Waals surface area (Å²) in [7, 11) is 0. The number of rotatable bonds is 2. The fourth-order valence-electron chi connectivity index (χ4n) is 2.97. The van der Waals surface area contributed by atoms with Crippen LogP contribution in [0.15, 0.2) is 42.5 Å². The van der Waals surface area contributed by atoms with E-state index >= 15 is 0 Å². The third-order valence-corrected chi connectivity index (χ3v) is 4.72. The molecule has 136 valence electrons. The molecule has 5 nitrogen and oxygen atoms in total. The SMILES string of the molecule is Cc1ccc(NC(=O)C(=O)N2CCN(c3ccc(F)cc3)CC2)cc1C. The molecule has 26 heavy (non-hydrogen) atoms. The first-order chi connectivity index (χ1) is 12.4. The van der Waals surface area contributed by atoms with E-state index in [0.717, 1.165) is 16.8 Å². The van der Waals surface area contributed by atoms with E-state index in [0.29, 0.717) is 31.9 Å². The monoisotopic (exact) mass is 355 g/mol. The number of halogens is 1. The highest BCUT2D eigenvalue weighted by Gasteiger charge is 2.26. The van der Waals surface area contributed by atoms with Gasteiger partial charge in [0.25, 0.3) is 0 Å². The number of aryl methyl sites for hydroxylation is 2. The number of carbonyl (C=O) groups excluding carboxylic acids is 2. The van der Waals surface area contributed by atoms with Gasteiger partial charge in [-0.25, -0.2) is 4.39 Å².